The lowest BCUT2D eigenvalue weighted by molar-refractivity contribution is -0.135. The van der Waals surface area contributed by atoms with E-state index >= 15 is 0 Å². The fourth-order valence-corrected chi connectivity index (χ4v) is 3.04. The van der Waals surface area contributed by atoms with Gasteiger partial charge >= 0.3 is 0 Å². The molecule has 1 aromatic heterocycles. The number of nitrogens with zero attached hydrogens (tertiary/aromatic N) is 5. The first kappa shape index (κ1) is 17.6. The van der Waals surface area contributed by atoms with Gasteiger partial charge in [-0.15, -0.1) is 0 Å². The summed E-state index contributed by atoms with van der Waals surface area (Å²) in [5.74, 6) is 0.160. The molecule has 0 radical (unpaired) electrons. The van der Waals surface area contributed by atoms with E-state index in [1.807, 2.05) is 30.0 Å². The Bertz CT molecular complexity index is 647. The van der Waals surface area contributed by atoms with Crippen molar-refractivity contribution in [1.82, 2.24) is 24.6 Å². The van der Waals surface area contributed by atoms with E-state index in [1.165, 1.54) is 6.33 Å². The number of carbonyl (C=O) groups is 1. The van der Waals surface area contributed by atoms with E-state index in [-0.39, 0.29) is 12.0 Å². The highest BCUT2D eigenvalue weighted by Crippen LogP contribution is 2.09. The minimum atomic E-state index is 0.0347. The van der Waals surface area contributed by atoms with Crippen molar-refractivity contribution in [3.63, 3.8) is 0 Å². The third kappa shape index (κ3) is 5.11. The molecule has 0 N–H and O–H groups in total. The summed E-state index contributed by atoms with van der Waals surface area (Å²) < 4.78 is 7.56. The fourth-order valence-electron chi connectivity index (χ4n) is 3.04. The molecule has 7 heteroatoms. The maximum atomic E-state index is 12.7. The number of hydrogen-bond acceptors (Lipinski definition) is 5. The lowest BCUT2D eigenvalue weighted by atomic mass is 10.2. The second-order valence-corrected chi connectivity index (χ2v) is 6.24. The molecule has 134 valence electrons. The standard InChI is InChI=1S/C18H25N5O2/c1-2-22(10-16-6-4-3-5-7-16)18(24)13-21-8-9-25-17(11-21)12-23-15-19-14-20-23/h3-7,14-15,17H,2,8-13H2,1H3/t17-/m0/s1. The van der Waals surface area contributed by atoms with Crippen LogP contribution >= 0.6 is 0 Å². The third-order valence-electron chi connectivity index (χ3n) is 4.39. The summed E-state index contributed by atoms with van der Waals surface area (Å²) in [5.41, 5.74) is 1.16. The Kier molecular flexibility index (Phi) is 6.14. The van der Waals surface area contributed by atoms with Crippen molar-refractivity contribution >= 4 is 5.91 Å². The minimum absolute atomic E-state index is 0.0347. The zero-order valence-electron chi connectivity index (χ0n) is 14.6. The van der Waals surface area contributed by atoms with Crippen LogP contribution in [0.2, 0.25) is 0 Å². The summed E-state index contributed by atoms with van der Waals surface area (Å²) in [5, 5.41) is 4.12. The van der Waals surface area contributed by atoms with Crippen LogP contribution in [0.5, 0.6) is 0 Å². The quantitative estimate of drug-likeness (QED) is 0.751. The Balaban J connectivity index is 1.52. The fraction of sp³-hybridized carbons (Fsp3) is 0.500. The van der Waals surface area contributed by atoms with Gasteiger partial charge in [0.15, 0.2) is 0 Å². The summed E-state index contributed by atoms with van der Waals surface area (Å²) in [6, 6.07) is 10.1. The zero-order valence-corrected chi connectivity index (χ0v) is 14.6. The van der Waals surface area contributed by atoms with E-state index in [4.69, 9.17) is 4.74 Å². The number of benzene rings is 1. The van der Waals surface area contributed by atoms with Crippen molar-refractivity contribution in [2.45, 2.75) is 26.1 Å². The Hall–Kier alpha value is -2.25. The molecule has 0 aliphatic carbocycles. The molecule has 1 aliphatic heterocycles. The van der Waals surface area contributed by atoms with Crippen LogP contribution in [0.25, 0.3) is 0 Å². The van der Waals surface area contributed by atoms with Crippen molar-refractivity contribution in [1.29, 1.82) is 0 Å². The maximum absolute atomic E-state index is 12.7. The Morgan fingerprint density at radius 3 is 2.92 bits per heavy atom. The Morgan fingerprint density at radius 1 is 1.36 bits per heavy atom. The van der Waals surface area contributed by atoms with Crippen LogP contribution in [0.15, 0.2) is 43.0 Å². The molecule has 1 aliphatic rings. The van der Waals surface area contributed by atoms with E-state index in [0.717, 1.165) is 18.7 Å². The average Bonchev–Trinajstić information content (AvgIpc) is 3.14. The molecule has 0 spiro atoms. The number of amides is 1. The molecule has 1 atom stereocenters. The number of ether oxygens (including phenoxy) is 1. The molecule has 2 heterocycles. The second-order valence-electron chi connectivity index (χ2n) is 6.24. The molecule has 1 aromatic carbocycles. The molecular weight excluding hydrogens is 318 g/mol. The Morgan fingerprint density at radius 2 is 2.20 bits per heavy atom. The summed E-state index contributed by atoms with van der Waals surface area (Å²) >= 11 is 0. The van der Waals surface area contributed by atoms with Crippen molar-refractivity contribution in [3.05, 3.63) is 48.5 Å². The molecule has 7 nitrogen and oxygen atoms in total. The van der Waals surface area contributed by atoms with Gasteiger partial charge in [0, 0.05) is 26.2 Å². The van der Waals surface area contributed by atoms with E-state index in [9.17, 15) is 4.79 Å². The van der Waals surface area contributed by atoms with Gasteiger partial charge in [0.05, 0.1) is 25.8 Å². The molecule has 1 saturated heterocycles. The molecule has 1 fully saturated rings. The van der Waals surface area contributed by atoms with Crippen LogP contribution in [-0.2, 0) is 22.6 Å². The molecule has 0 bridgehead atoms. The van der Waals surface area contributed by atoms with Crippen LogP contribution in [0.4, 0.5) is 0 Å². The monoisotopic (exact) mass is 343 g/mol. The normalized spacial score (nSPS) is 18.2. The lowest BCUT2D eigenvalue weighted by Gasteiger charge is -2.33. The average molecular weight is 343 g/mol. The van der Waals surface area contributed by atoms with Crippen LogP contribution in [0.3, 0.4) is 0 Å². The summed E-state index contributed by atoms with van der Waals surface area (Å²) in [6.45, 7) is 6.62. The molecule has 0 unspecified atom stereocenters. The molecule has 2 aromatic rings. The van der Waals surface area contributed by atoms with Crippen LogP contribution < -0.4 is 0 Å². The second kappa shape index (κ2) is 8.73. The lowest BCUT2D eigenvalue weighted by Crippen LogP contribution is -2.48. The smallest absolute Gasteiger partial charge is 0.237 e. The number of morpholine rings is 1. The number of rotatable bonds is 7. The maximum Gasteiger partial charge on any atom is 0.237 e. The largest absolute Gasteiger partial charge is 0.374 e. The van der Waals surface area contributed by atoms with Gasteiger partial charge in [0.25, 0.3) is 0 Å². The van der Waals surface area contributed by atoms with Crippen molar-refractivity contribution in [2.24, 2.45) is 0 Å². The van der Waals surface area contributed by atoms with Gasteiger partial charge in [-0.1, -0.05) is 30.3 Å². The van der Waals surface area contributed by atoms with E-state index in [0.29, 0.717) is 32.8 Å². The van der Waals surface area contributed by atoms with Gasteiger partial charge in [-0.25, -0.2) is 4.98 Å². The molecule has 3 rings (SSSR count). The first-order chi connectivity index (χ1) is 12.2. The Labute approximate surface area is 148 Å². The summed E-state index contributed by atoms with van der Waals surface area (Å²) in [4.78, 5) is 20.7. The number of likely N-dealkylation sites (N-methyl/N-ethyl adjacent to an activating group) is 1. The predicted octanol–water partition coefficient (Wildman–Crippen LogP) is 1.03. The van der Waals surface area contributed by atoms with Gasteiger partial charge in [-0.2, -0.15) is 5.10 Å². The zero-order chi connectivity index (χ0) is 17.5. The number of carbonyl (C=O) groups excluding carboxylic acids is 1. The first-order valence-electron chi connectivity index (χ1n) is 8.72. The van der Waals surface area contributed by atoms with Gasteiger partial charge in [-0.05, 0) is 12.5 Å². The molecule has 1 amide bonds. The molecule has 0 saturated carbocycles. The highest BCUT2D eigenvalue weighted by atomic mass is 16.5. The summed E-state index contributed by atoms with van der Waals surface area (Å²) in [6.07, 6.45) is 3.24. The van der Waals surface area contributed by atoms with Crippen LogP contribution in [-0.4, -0.2) is 69.4 Å². The number of hydrogen-bond donors (Lipinski definition) is 0. The minimum Gasteiger partial charge on any atom is -0.374 e. The summed E-state index contributed by atoms with van der Waals surface area (Å²) in [7, 11) is 0. The third-order valence-corrected chi connectivity index (χ3v) is 4.39. The van der Waals surface area contributed by atoms with Gasteiger partial charge < -0.3 is 9.64 Å². The van der Waals surface area contributed by atoms with Gasteiger partial charge in [0.1, 0.15) is 12.7 Å². The van der Waals surface area contributed by atoms with Crippen molar-refractivity contribution < 1.29 is 9.53 Å². The predicted molar refractivity (Wildman–Crippen MR) is 93.7 cm³/mol. The highest BCUT2D eigenvalue weighted by molar-refractivity contribution is 5.78. The van der Waals surface area contributed by atoms with Crippen LogP contribution in [0, 0.1) is 0 Å². The van der Waals surface area contributed by atoms with E-state index in [1.54, 1.807) is 11.0 Å². The SMILES string of the molecule is CCN(Cc1ccccc1)C(=O)CN1CCO[C@H](Cn2cncn2)C1. The number of aromatic nitrogens is 3. The highest BCUT2D eigenvalue weighted by Gasteiger charge is 2.24. The van der Waals surface area contributed by atoms with Crippen LogP contribution in [0.1, 0.15) is 12.5 Å². The molecule has 25 heavy (non-hydrogen) atoms. The van der Waals surface area contributed by atoms with Gasteiger partial charge in [0.2, 0.25) is 5.91 Å². The van der Waals surface area contributed by atoms with Crippen molar-refractivity contribution in [3.8, 4) is 0 Å². The van der Waals surface area contributed by atoms with Gasteiger partial charge in [-0.3, -0.25) is 14.4 Å². The topological polar surface area (TPSA) is 63.5 Å². The molecular formula is C18H25N5O2. The van der Waals surface area contributed by atoms with Crippen molar-refractivity contribution in [2.75, 3.05) is 32.8 Å². The first-order valence-corrected chi connectivity index (χ1v) is 8.72. The van der Waals surface area contributed by atoms with E-state index in [2.05, 4.69) is 27.1 Å². The van der Waals surface area contributed by atoms with E-state index < -0.39 is 0 Å².